The van der Waals surface area contributed by atoms with Gasteiger partial charge >= 0.3 is 17.9 Å². The molecular formula is C25H38O6. The molecule has 0 bridgehead atoms. The minimum Gasteiger partial charge on any atom is -0.462 e. The van der Waals surface area contributed by atoms with Crippen LogP contribution in [0.5, 0.6) is 0 Å². The van der Waals surface area contributed by atoms with Gasteiger partial charge in [-0.05, 0) is 43.4 Å². The highest BCUT2D eigenvalue weighted by Crippen LogP contribution is 2.19. The summed E-state index contributed by atoms with van der Waals surface area (Å²) in [7, 11) is 0. The Morgan fingerprint density at radius 3 is 1.90 bits per heavy atom. The molecule has 6 nitrogen and oxygen atoms in total. The summed E-state index contributed by atoms with van der Waals surface area (Å²) in [4.78, 5) is 37.7. The van der Waals surface area contributed by atoms with Gasteiger partial charge in [0.1, 0.15) is 0 Å². The summed E-state index contributed by atoms with van der Waals surface area (Å²) in [6, 6.07) is 4.30. The molecule has 1 rings (SSSR count). The Morgan fingerprint density at radius 2 is 1.32 bits per heavy atom. The second-order valence-corrected chi connectivity index (χ2v) is 7.75. The van der Waals surface area contributed by atoms with E-state index in [9.17, 15) is 14.4 Å². The Balaban J connectivity index is 3.02. The average molecular weight is 435 g/mol. The first-order chi connectivity index (χ1) is 15.0. The van der Waals surface area contributed by atoms with Crippen LogP contribution in [0.15, 0.2) is 18.2 Å². The van der Waals surface area contributed by atoms with Gasteiger partial charge < -0.3 is 14.2 Å². The largest absolute Gasteiger partial charge is 0.462 e. The van der Waals surface area contributed by atoms with Gasteiger partial charge in [0.25, 0.3) is 0 Å². The van der Waals surface area contributed by atoms with Gasteiger partial charge in [0.2, 0.25) is 0 Å². The number of esters is 3. The van der Waals surface area contributed by atoms with E-state index in [1.54, 1.807) is 0 Å². The Hall–Kier alpha value is -2.37. The van der Waals surface area contributed by atoms with Crippen LogP contribution in [0.1, 0.15) is 110 Å². The molecule has 0 aliphatic rings. The smallest absolute Gasteiger partial charge is 0.339 e. The van der Waals surface area contributed by atoms with Crippen molar-refractivity contribution in [1.82, 2.24) is 0 Å². The van der Waals surface area contributed by atoms with Gasteiger partial charge in [-0.15, -0.1) is 0 Å². The lowest BCUT2D eigenvalue weighted by Crippen LogP contribution is -2.19. The lowest BCUT2D eigenvalue weighted by molar-refractivity contribution is 0.0404. The standard InChI is InChI=1S/C25H38O6/c1-5-9-12-19(8-4)18-31-25(28)22-17-20(23(26)29-15-10-6-2)13-14-21(22)24(27)30-16-11-7-3/h13-14,17,19H,5-12,15-16,18H2,1-4H3. The van der Waals surface area contributed by atoms with Gasteiger partial charge in [-0.3, -0.25) is 0 Å². The van der Waals surface area contributed by atoms with Crippen molar-refractivity contribution < 1.29 is 28.6 Å². The molecule has 31 heavy (non-hydrogen) atoms. The van der Waals surface area contributed by atoms with E-state index in [2.05, 4.69) is 13.8 Å². The molecule has 0 aromatic heterocycles. The van der Waals surface area contributed by atoms with Crippen LogP contribution in [0.3, 0.4) is 0 Å². The first-order valence-corrected chi connectivity index (χ1v) is 11.6. The maximum absolute atomic E-state index is 12.8. The third kappa shape index (κ3) is 9.53. The van der Waals surface area contributed by atoms with E-state index in [-0.39, 0.29) is 35.8 Å². The maximum atomic E-state index is 12.8. The third-order valence-electron chi connectivity index (χ3n) is 5.15. The summed E-state index contributed by atoms with van der Waals surface area (Å²) >= 11 is 0. The molecule has 0 saturated heterocycles. The van der Waals surface area contributed by atoms with Crippen LogP contribution in [0.4, 0.5) is 0 Å². The molecule has 1 aromatic carbocycles. The molecular weight excluding hydrogens is 396 g/mol. The molecule has 0 saturated carbocycles. The van der Waals surface area contributed by atoms with Crippen LogP contribution in [0, 0.1) is 5.92 Å². The van der Waals surface area contributed by atoms with Crippen LogP contribution < -0.4 is 0 Å². The molecule has 0 fully saturated rings. The average Bonchev–Trinajstić information content (AvgIpc) is 2.78. The Morgan fingerprint density at radius 1 is 0.742 bits per heavy atom. The molecule has 0 spiro atoms. The minimum absolute atomic E-state index is 0.0387. The molecule has 0 N–H and O–H groups in total. The number of carbonyl (C=O) groups is 3. The highest BCUT2D eigenvalue weighted by molar-refractivity contribution is 6.05. The van der Waals surface area contributed by atoms with E-state index >= 15 is 0 Å². The third-order valence-corrected chi connectivity index (χ3v) is 5.15. The zero-order valence-corrected chi connectivity index (χ0v) is 19.5. The van der Waals surface area contributed by atoms with E-state index in [1.165, 1.54) is 18.2 Å². The molecule has 174 valence electrons. The van der Waals surface area contributed by atoms with Crippen molar-refractivity contribution in [1.29, 1.82) is 0 Å². The molecule has 1 atom stereocenters. The van der Waals surface area contributed by atoms with Crippen LogP contribution in [-0.4, -0.2) is 37.7 Å². The van der Waals surface area contributed by atoms with Crippen LogP contribution in [0.2, 0.25) is 0 Å². The first kappa shape index (κ1) is 26.7. The normalized spacial score (nSPS) is 11.6. The topological polar surface area (TPSA) is 78.9 Å². The fraction of sp³-hybridized carbons (Fsp3) is 0.640. The van der Waals surface area contributed by atoms with Crippen molar-refractivity contribution in [2.75, 3.05) is 19.8 Å². The molecule has 0 heterocycles. The maximum Gasteiger partial charge on any atom is 0.339 e. The van der Waals surface area contributed by atoms with Crippen molar-refractivity contribution in [3.05, 3.63) is 34.9 Å². The van der Waals surface area contributed by atoms with Crippen LogP contribution in [-0.2, 0) is 14.2 Å². The van der Waals surface area contributed by atoms with Gasteiger partial charge in [0.05, 0.1) is 36.5 Å². The molecule has 0 aliphatic carbocycles. The first-order valence-electron chi connectivity index (χ1n) is 11.6. The van der Waals surface area contributed by atoms with Crippen molar-refractivity contribution in [3.63, 3.8) is 0 Å². The van der Waals surface area contributed by atoms with Crippen LogP contribution >= 0.6 is 0 Å². The Labute approximate surface area is 186 Å². The van der Waals surface area contributed by atoms with E-state index in [0.717, 1.165) is 51.4 Å². The number of hydrogen-bond donors (Lipinski definition) is 0. The zero-order chi connectivity index (χ0) is 23.1. The summed E-state index contributed by atoms with van der Waals surface area (Å²) in [6.07, 6.45) is 7.34. The van der Waals surface area contributed by atoms with Gasteiger partial charge in [-0.25, -0.2) is 14.4 Å². The SMILES string of the molecule is CCCCOC(=O)c1ccc(C(=O)OCCCC)c(C(=O)OCC(CC)CCCC)c1. The summed E-state index contributed by atoms with van der Waals surface area (Å²) < 4.78 is 16.0. The van der Waals surface area contributed by atoms with E-state index in [4.69, 9.17) is 14.2 Å². The number of carbonyl (C=O) groups excluding carboxylic acids is 3. The van der Waals surface area contributed by atoms with Gasteiger partial charge in [0.15, 0.2) is 0 Å². The van der Waals surface area contributed by atoms with Crippen molar-refractivity contribution in [2.24, 2.45) is 5.92 Å². The van der Waals surface area contributed by atoms with Crippen molar-refractivity contribution in [3.8, 4) is 0 Å². The predicted molar refractivity (Wildman–Crippen MR) is 120 cm³/mol. The highest BCUT2D eigenvalue weighted by atomic mass is 16.5. The van der Waals surface area contributed by atoms with E-state index in [0.29, 0.717) is 6.61 Å². The second-order valence-electron chi connectivity index (χ2n) is 7.75. The van der Waals surface area contributed by atoms with Crippen molar-refractivity contribution >= 4 is 17.9 Å². The summed E-state index contributed by atoms with van der Waals surface area (Å²) in [5.74, 6) is -1.47. The molecule has 0 aliphatic heterocycles. The fourth-order valence-corrected chi connectivity index (χ4v) is 2.97. The number of unbranched alkanes of at least 4 members (excludes halogenated alkanes) is 3. The molecule has 1 unspecified atom stereocenters. The summed E-state index contributed by atoms with van der Waals surface area (Å²) in [5, 5.41) is 0. The zero-order valence-electron chi connectivity index (χ0n) is 19.5. The van der Waals surface area contributed by atoms with E-state index in [1.807, 2.05) is 13.8 Å². The summed E-state index contributed by atoms with van der Waals surface area (Å²) in [6.45, 7) is 9.07. The number of hydrogen-bond acceptors (Lipinski definition) is 6. The van der Waals surface area contributed by atoms with Gasteiger partial charge in [0, 0.05) is 0 Å². The minimum atomic E-state index is -0.624. The molecule has 0 radical (unpaired) electrons. The van der Waals surface area contributed by atoms with E-state index < -0.39 is 17.9 Å². The number of rotatable bonds is 15. The Kier molecular flexibility index (Phi) is 13.3. The monoisotopic (exact) mass is 434 g/mol. The quantitative estimate of drug-likeness (QED) is 0.192. The van der Waals surface area contributed by atoms with Crippen LogP contribution in [0.25, 0.3) is 0 Å². The number of ether oxygens (including phenoxy) is 3. The lowest BCUT2D eigenvalue weighted by Gasteiger charge is -2.16. The lowest BCUT2D eigenvalue weighted by atomic mass is 10.0. The fourth-order valence-electron chi connectivity index (χ4n) is 2.97. The molecule has 0 amide bonds. The Bertz CT molecular complexity index is 697. The van der Waals surface area contributed by atoms with Gasteiger partial charge in [-0.1, -0.05) is 59.8 Å². The predicted octanol–water partition coefficient (Wildman–Crippen LogP) is 5.97. The second kappa shape index (κ2) is 15.4. The summed E-state index contributed by atoms with van der Waals surface area (Å²) in [5.41, 5.74) is 0.357. The number of benzene rings is 1. The highest BCUT2D eigenvalue weighted by Gasteiger charge is 2.23. The van der Waals surface area contributed by atoms with Crippen molar-refractivity contribution in [2.45, 2.75) is 79.1 Å². The molecule has 1 aromatic rings. The van der Waals surface area contributed by atoms with Gasteiger partial charge in [-0.2, -0.15) is 0 Å². The molecule has 6 heteroatoms.